The van der Waals surface area contributed by atoms with Crippen LogP contribution in [0.15, 0.2) is 24.3 Å². The fraction of sp³-hybridized carbons (Fsp3) is 0.500. The normalized spacial score (nSPS) is 20.7. The monoisotopic (exact) mass is 248 g/mol. The van der Waals surface area contributed by atoms with Gasteiger partial charge < -0.3 is 10.1 Å². The van der Waals surface area contributed by atoms with E-state index in [-0.39, 0.29) is 5.97 Å². The lowest BCUT2D eigenvalue weighted by Gasteiger charge is -2.31. The highest BCUT2D eigenvalue weighted by Gasteiger charge is 2.16. The number of hydrogen-bond donors (Lipinski definition) is 1. The van der Waals surface area contributed by atoms with E-state index in [1.807, 2.05) is 12.1 Å². The molecule has 0 bridgehead atoms. The molecule has 0 spiro atoms. The fourth-order valence-electron chi connectivity index (χ4n) is 2.33. The standard InChI is InChI=1S/C14H20N2O2/c1-11-9-16(7-6-15-11)10-12-4-3-5-13(8-12)14(17)18-2/h3-5,8,11,15H,6-7,9-10H2,1-2H3/t11-/m0/s1. The van der Waals surface area contributed by atoms with E-state index in [1.165, 1.54) is 7.11 Å². The average Bonchev–Trinajstić information content (AvgIpc) is 2.38. The average molecular weight is 248 g/mol. The molecule has 1 aliphatic heterocycles. The summed E-state index contributed by atoms with van der Waals surface area (Å²) in [5.74, 6) is -0.273. The first-order valence-electron chi connectivity index (χ1n) is 6.32. The van der Waals surface area contributed by atoms with Gasteiger partial charge in [-0.15, -0.1) is 0 Å². The molecule has 1 aromatic rings. The van der Waals surface area contributed by atoms with Crippen molar-refractivity contribution in [1.29, 1.82) is 0 Å². The van der Waals surface area contributed by atoms with Crippen molar-refractivity contribution in [2.45, 2.75) is 19.5 Å². The molecule has 2 rings (SSSR count). The molecular weight excluding hydrogens is 228 g/mol. The molecule has 0 aliphatic carbocycles. The Balaban J connectivity index is 2.02. The lowest BCUT2D eigenvalue weighted by atomic mass is 10.1. The first-order chi connectivity index (χ1) is 8.69. The minimum absolute atomic E-state index is 0.273. The van der Waals surface area contributed by atoms with E-state index in [1.54, 1.807) is 6.07 Å². The molecule has 1 heterocycles. The number of ether oxygens (including phenoxy) is 1. The van der Waals surface area contributed by atoms with Crippen LogP contribution in [0.4, 0.5) is 0 Å². The second-order valence-corrected chi connectivity index (χ2v) is 4.78. The van der Waals surface area contributed by atoms with Crippen LogP contribution in [0.1, 0.15) is 22.8 Å². The van der Waals surface area contributed by atoms with Gasteiger partial charge in [-0.05, 0) is 24.6 Å². The summed E-state index contributed by atoms with van der Waals surface area (Å²) in [6.45, 7) is 6.20. The number of piperazine rings is 1. The number of nitrogens with one attached hydrogen (secondary N) is 1. The van der Waals surface area contributed by atoms with Crippen LogP contribution in [0.2, 0.25) is 0 Å². The summed E-state index contributed by atoms with van der Waals surface area (Å²) in [6, 6.07) is 8.20. The maximum Gasteiger partial charge on any atom is 0.337 e. The maximum atomic E-state index is 11.5. The van der Waals surface area contributed by atoms with Gasteiger partial charge in [0.2, 0.25) is 0 Å². The summed E-state index contributed by atoms with van der Waals surface area (Å²) in [5.41, 5.74) is 1.78. The number of carbonyl (C=O) groups excluding carboxylic acids is 1. The minimum atomic E-state index is -0.273. The Morgan fingerprint density at radius 1 is 1.56 bits per heavy atom. The molecule has 98 valence electrons. The Kier molecular flexibility index (Phi) is 4.33. The molecule has 1 fully saturated rings. The third-order valence-electron chi connectivity index (χ3n) is 3.21. The van der Waals surface area contributed by atoms with E-state index in [0.717, 1.165) is 31.7 Å². The van der Waals surface area contributed by atoms with Gasteiger partial charge in [-0.1, -0.05) is 12.1 Å². The SMILES string of the molecule is COC(=O)c1cccc(CN2CCN[C@@H](C)C2)c1. The first kappa shape index (κ1) is 13.1. The van der Waals surface area contributed by atoms with Crippen LogP contribution in [0.3, 0.4) is 0 Å². The largest absolute Gasteiger partial charge is 0.465 e. The summed E-state index contributed by atoms with van der Waals surface area (Å²) >= 11 is 0. The lowest BCUT2D eigenvalue weighted by Crippen LogP contribution is -2.48. The van der Waals surface area contributed by atoms with E-state index >= 15 is 0 Å². The Hall–Kier alpha value is -1.39. The Labute approximate surface area is 108 Å². The van der Waals surface area contributed by atoms with Gasteiger partial charge in [0.15, 0.2) is 0 Å². The molecule has 0 unspecified atom stereocenters. The maximum absolute atomic E-state index is 11.5. The van der Waals surface area contributed by atoms with Crippen molar-refractivity contribution in [3.05, 3.63) is 35.4 Å². The molecule has 1 aromatic carbocycles. The summed E-state index contributed by atoms with van der Waals surface area (Å²) in [5, 5.41) is 3.42. The molecular formula is C14H20N2O2. The predicted octanol–water partition coefficient (Wildman–Crippen LogP) is 1.27. The molecule has 1 atom stereocenters. The smallest absolute Gasteiger partial charge is 0.337 e. The summed E-state index contributed by atoms with van der Waals surface area (Å²) < 4.78 is 4.74. The lowest BCUT2D eigenvalue weighted by molar-refractivity contribution is 0.0600. The zero-order chi connectivity index (χ0) is 13.0. The van der Waals surface area contributed by atoms with E-state index in [4.69, 9.17) is 4.74 Å². The van der Waals surface area contributed by atoms with Gasteiger partial charge in [0.25, 0.3) is 0 Å². The molecule has 1 saturated heterocycles. The minimum Gasteiger partial charge on any atom is -0.465 e. The van der Waals surface area contributed by atoms with Crippen LogP contribution in [0.25, 0.3) is 0 Å². The highest BCUT2D eigenvalue weighted by molar-refractivity contribution is 5.89. The molecule has 0 aromatic heterocycles. The van der Waals surface area contributed by atoms with Crippen molar-refractivity contribution in [1.82, 2.24) is 10.2 Å². The van der Waals surface area contributed by atoms with Crippen molar-refractivity contribution in [2.75, 3.05) is 26.7 Å². The Morgan fingerprint density at radius 3 is 3.11 bits per heavy atom. The van der Waals surface area contributed by atoms with Gasteiger partial charge in [-0.2, -0.15) is 0 Å². The Bertz CT molecular complexity index is 420. The zero-order valence-corrected chi connectivity index (χ0v) is 11.0. The van der Waals surface area contributed by atoms with Gasteiger partial charge in [-0.25, -0.2) is 4.79 Å². The van der Waals surface area contributed by atoms with Gasteiger partial charge in [0, 0.05) is 32.2 Å². The third-order valence-corrected chi connectivity index (χ3v) is 3.21. The van der Waals surface area contributed by atoms with Crippen molar-refractivity contribution < 1.29 is 9.53 Å². The van der Waals surface area contributed by atoms with E-state index in [9.17, 15) is 4.79 Å². The number of nitrogens with zero attached hydrogens (tertiary/aromatic N) is 1. The summed E-state index contributed by atoms with van der Waals surface area (Å²) in [6.07, 6.45) is 0. The van der Waals surface area contributed by atoms with Crippen molar-refractivity contribution >= 4 is 5.97 Å². The molecule has 1 N–H and O–H groups in total. The second-order valence-electron chi connectivity index (χ2n) is 4.78. The van der Waals surface area contributed by atoms with Gasteiger partial charge in [0.1, 0.15) is 0 Å². The number of hydrogen-bond acceptors (Lipinski definition) is 4. The molecule has 18 heavy (non-hydrogen) atoms. The van der Waals surface area contributed by atoms with Gasteiger partial charge in [0.05, 0.1) is 12.7 Å². The summed E-state index contributed by atoms with van der Waals surface area (Å²) in [7, 11) is 1.41. The molecule has 0 saturated carbocycles. The van der Waals surface area contributed by atoms with Gasteiger partial charge >= 0.3 is 5.97 Å². The first-order valence-corrected chi connectivity index (χ1v) is 6.32. The van der Waals surface area contributed by atoms with E-state index in [0.29, 0.717) is 11.6 Å². The van der Waals surface area contributed by atoms with Crippen LogP contribution in [-0.4, -0.2) is 43.7 Å². The Morgan fingerprint density at radius 2 is 2.39 bits per heavy atom. The quantitative estimate of drug-likeness (QED) is 0.818. The predicted molar refractivity (Wildman–Crippen MR) is 70.5 cm³/mol. The highest BCUT2D eigenvalue weighted by Crippen LogP contribution is 2.11. The topological polar surface area (TPSA) is 41.6 Å². The van der Waals surface area contributed by atoms with E-state index < -0.39 is 0 Å². The van der Waals surface area contributed by atoms with Crippen LogP contribution in [-0.2, 0) is 11.3 Å². The number of carbonyl (C=O) groups is 1. The third kappa shape index (κ3) is 3.31. The van der Waals surface area contributed by atoms with Crippen LogP contribution < -0.4 is 5.32 Å². The van der Waals surface area contributed by atoms with E-state index in [2.05, 4.69) is 23.2 Å². The number of rotatable bonds is 3. The van der Waals surface area contributed by atoms with Crippen molar-refractivity contribution in [3.63, 3.8) is 0 Å². The zero-order valence-electron chi connectivity index (χ0n) is 11.0. The van der Waals surface area contributed by atoms with Crippen LogP contribution >= 0.6 is 0 Å². The fourth-order valence-corrected chi connectivity index (χ4v) is 2.33. The molecule has 4 nitrogen and oxygen atoms in total. The highest BCUT2D eigenvalue weighted by atomic mass is 16.5. The molecule has 0 amide bonds. The van der Waals surface area contributed by atoms with Gasteiger partial charge in [-0.3, -0.25) is 4.90 Å². The number of esters is 1. The summed E-state index contributed by atoms with van der Waals surface area (Å²) in [4.78, 5) is 13.9. The van der Waals surface area contributed by atoms with Crippen molar-refractivity contribution in [2.24, 2.45) is 0 Å². The molecule has 4 heteroatoms. The number of benzene rings is 1. The van der Waals surface area contributed by atoms with Crippen molar-refractivity contribution in [3.8, 4) is 0 Å². The number of methoxy groups -OCH3 is 1. The molecule has 0 radical (unpaired) electrons. The van der Waals surface area contributed by atoms with Crippen LogP contribution in [0.5, 0.6) is 0 Å². The molecule has 1 aliphatic rings. The second kappa shape index (κ2) is 5.98. The van der Waals surface area contributed by atoms with Crippen LogP contribution in [0, 0.1) is 0 Å².